The third kappa shape index (κ3) is 3.46. The van der Waals surface area contributed by atoms with Crippen molar-refractivity contribution in [3.63, 3.8) is 0 Å². The second kappa shape index (κ2) is 6.71. The number of rotatable bonds is 4. The molecule has 1 aliphatic rings. The number of nitrogens with zero attached hydrogens (tertiary/aromatic N) is 1. The van der Waals surface area contributed by atoms with E-state index in [1.54, 1.807) is 31.2 Å². The lowest BCUT2D eigenvalue weighted by molar-refractivity contribution is -0.130. The van der Waals surface area contributed by atoms with Crippen molar-refractivity contribution in [2.75, 3.05) is 13.2 Å². The number of aliphatic hydroxyl groups excluding tert-OH is 1. The zero-order valence-electron chi connectivity index (χ0n) is 13.4. The van der Waals surface area contributed by atoms with Crippen molar-refractivity contribution in [3.05, 3.63) is 29.8 Å². The lowest BCUT2D eigenvalue weighted by Gasteiger charge is -2.22. The summed E-state index contributed by atoms with van der Waals surface area (Å²) in [5, 5.41) is 11.4. The van der Waals surface area contributed by atoms with Gasteiger partial charge >= 0.3 is 6.03 Å². The molecule has 23 heavy (non-hydrogen) atoms. The molecule has 6 heteroatoms. The monoisotopic (exact) mass is 316 g/mol. The van der Waals surface area contributed by atoms with E-state index in [0.717, 1.165) is 4.90 Å². The topological polar surface area (TPSA) is 78.9 Å². The molecule has 0 aliphatic carbocycles. The van der Waals surface area contributed by atoms with Gasteiger partial charge in [0.1, 0.15) is 17.9 Å². The minimum Gasteiger partial charge on any atom is -0.491 e. The van der Waals surface area contributed by atoms with Crippen LogP contribution in [0, 0.1) is 11.8 Å². The smallest absolute Gasteiger partial charge is 0.326 e. The molecule has 2 N–H and O–H groups in total. The van der Waals surface area contributed by atoms with Crippen LogP contribution in [0.3, 0.4) is 0 Å². The number of hydrogen-bond donors (Lipinski definition) is 2. The highest BCUT2D eigenvalue weighted by atomic mass is 16.5. The van der Waals surface area contributed by atoms with Crippen molar-refractivity contribution < 1.29 is 19.4 Å². The van der Waals surface area contributed by atoms with Crippen LogP contribution in [0.15, 0.2) is 24.3 Å². The molecule has 0 spiro atoms. The maximum Gasteiger partial charge on any atom is 0.326 e. The summed E-state index contributed by atoms with van der Waals surface area (Å²) in [5.41, 5.74) is -0.460. The predicted octanol–water partition coefficient (Wildman–Crippen LogP) is 1.24. The van der Waals surface area contributed by atoms with Gasteiger partial charge in [-0.05, 0) is 38.5 Å². The molecule has 1 aromatic rings. The summed E-state index contributed by atoms with van der Waals surface area (Å²) in [7, 11) is 0. The van der Waals surface area contributed by atoms with Gasteiger partial charge in [-0.3, -0.25) is 9.69 Å². The van der Waals surface area contributed by atoms with Crippen molar-refractivity contribution in [1.29, 1.82) is 0 Å². The molecule has 1 fully saturated rings. The Labute approximate surface area is 135 Å². The number of hydrogen-bond acceptors (Lipinski definition) is 4. The molecule has 0 radical (unpaired) electrons. The van der Waals surface area contributed by atoms with Crippen LogP contribution >= 0.6 is 0 Å². The molecule has 1 saturated heterocycles. The molecule has 0 aromatic heterocycles. The van der Waals surface area contributed by atoms with E-state index in [0.29, 0.717) is 11.3 Å². The van der Waals surface area contributed by atoms with E-state index in [-0.39, 0.29) is 25.2 Å². The predicted molar refractivity (Wildman–Crippen MR) is 84.7 cm³/mol. The Bertz CT molecular complexity index is 657. The van der Waals surface area contributed by atoms with Gasteiger partial charge < -0.3 is 15.2 Å². The summed E-state index contributed by atoms with van der Waals surface area (Å²) < 4.78 is 5.57. The van der Waals surface area contributed by atoms with Gasteiger partial charge in [0.15, 0.2) is 0 Å². The molecular formula is C17H20N2O4. The lowest BCUT2D eigenvalue weighted by Crippen LogP contribution is -2.40. The molecular weight excluding hydrogens is 296 g/mol. The molecule has 1 atom stereocenters. The number of nitrogens with one attached hydrogen (secondary N) is 1. The van der Waals surface area contributed by atoms with Crippen LogP contribution in [0.2, 0.25) is 0 Å². The number of urea groups is 1. The van der Waals surface area contributed by atoms with Crippen LogP contribution in [0.1, 0.15) is 26.3 Å². The molecule has 122 valence electrons. The summed E-state index contributed by atoms with van der Waals surface area (Å²) in [6, 6.07) is 6.58. The van der Waals surface area contributed by atoms with E-state index >= 15 is 0 Å². The SMILES string of the molecule is CC(C)Oc1ccc(C2(C)NC(=O)N(CC#CCO)C2=O)cc1. The Morgan fingerprint density at radius 2 is 1.91 bits per heavy atom. The van der Waals surface area contributed by atoms with Crippen LogP contribution in [0.25, 0.3) is 0 Å². The summed E-state index contributed by atoms with van der Waals surface area (Å²) in [5.74, 6) is 5.34. The van der Waals surface area contributed by atoms with Crippen LogP contribution in [-0.4, -0.2) is 41.2 Å². The maximum absolute atomic E-state index is 12.6. The van der Waals surface area contributed by atoms with Gasteiger partial charge in [0, 0.05) is 0 Å². The van der Waals surface area contributed by atoms with E-state index in [2.05, 4.69) is 17.2 Å². The second-order valence-electron chi connectivity index (χ2n) is 5.65. The van der Waals surface area contributed by atoms with Crippen molar-refractivity contribution in [2.24, 2.45) is 0 Å². The molecule has 1 aliphatic heterocycles. The average Bonchev–Trinajstić information content (AvgIpc) is 2.71. The minimum atomic E-state index is -1.13. The number of aliphatic hydroxyl groups is 1. The Morgan fingerprint density at radius 1 is 1.26 bits per heavy atom. The second-order valence-corrected chi connectivity index (χ2v) is 5.65. The number of benzene rings is 1. The third-order valence-corrected chi connectivity index (χ3v) is 3.52. The largest absolute Gasteiger partial charge is 0.491 e. The Kier molecular flexibility index (Phi) is 4.92. The Hall–Kier alpha value is -2.52. The van der Waals surface area contributed by atoms with E-state index < -0.39 is 11.6 Å². The highest BCUT2D eigenvalue weighted by Gasteiger charge is 2.48. The highest BCUT2D eigenvalue weighted by Crippen LogP contribution is 2.30. The van der Waals surface area contributed by atoms with Gasteiger partial charge in [-0.15, -0.1) is 0 Å². The van der Waals surface area contributed by atoms with E-state index in [1.807, 2.05) is 13.8 Å². The third-order valence-electron chi connectivity index (χ3n) is 3.52. The number of amides is 3. The standard InChI is InChI=1S/C17H20N2O4/c1-12(2)23-14-8-6-13(7-9-14)17(3)15(21)19(16(22)18-17)10-4-5-11-20/h6-9,12,20H,10-11H2,1-3H3,(H,18,22). The molecule has 1 unspecified atom stereocenters. The number of carbonyl (C=O) groups excluding carboxylic acids is 2. The van der Waals surface area contributed by atoms with Crippen LogP contribution < -0.4 is 10.1 Å². The van der Waals surface area contributed by atoms with Gasteiger partial charge in [-0.1, -0.05) is 24.0 Å². The van der Waals surface area contributed by atoms with Crippen molar-refractivity contribution in [1.82, 2.24) is 10.2 Å². The molecule has 1 aromatic carbocycles. The quantitative estimate of drug-likeness (QED) is 0.647. The van der Waals surface area contributed by atoms with Crippen LogP contribution in [0.4, 0.5) is 4.79 Å². The fourth-order valence-electron chi connectivity index (χ4n) is 2.37. The zero-order chi connectivity index (χ0) is 17.0. The fourth-order valence-corrected chi connectivity index (χ4v) is 2.37. The first-order valence-corrected chi connectivity index (χ1v) is 7.36. The first kappa shape index (κ1) is 16.8. The normalized spacial score (nSPS) is 20.3. The fraction of sp³-hybridized carbons (Fsp3) is 0.412. The number of ether oxygens (including phenoxy) is 1. The number of carbonyl (C=O) groups is 2. The van der Waals surface area contributed by atoms with E-state index in [9.17, 15) is 9.59 Å². The van der Waals surface area contributed by atoms with Gasteiger partial charge in [0.2, 0.25) is 0 Å². The van der Waals surface area contributed by atoms with E-state index in [1.165, 1.54) is 0 Å². The van der Waals surface area contributed by atoms with Gasteiger partial charge in [0.05, 0.1) is 12.6 Å². The summed E-state index contributed by atoms with van der Waals surface area (Å²) in [4.78, 5) is 25.6. The van der Waals surface area contributed by atoms with Crippen molar-refractivity contribution in [2.45, 2.75) is 32.4 Å². The van der Waals surface area contributed by atoms with Gasteiger partial charge in [0.25, 0.3) is 5.91 Å². The molecule has 0 bridgehead atoms. The van der Waals surface area contributed by atoms with Crippen molar-refractivity contribution >= 4 is 11.9 Å². The summed E-state index contributed by atoms with van der Waals surface area (Å²) in [6.45, 7) is 5.17. The molecule has 1 heterocycles. The zero-order valence-corrected chi connectivity index (χ0v) is 13.4. The lowest BCUT2D eigenvalue weighted by atomic mass is 9.92. The van der Waals surface area contributed by atoms with Crippen molar-refractivity contribution in [3.8, 4) is 17.6 Å². The van der Waals surface area contributed by atoms with Gasteiger partial charge in [-0.2, -0.15) is 0 Å². The van der Waals surface area contributed by atoms with Gasteiger partial charge in [-0.25, -0.2) is 4.79 Å². The number of imide groups is 1. The van der Waals surface area contributed by atoms with Crippen LogP contribution in [0.5, 0.6) is 5.75 Å². The minimum absolute atomic E-state index is 0.0463. The van der Waals surface area contributed by atoms with E-state index in [4.69, 9.17) is 9.84 Å². The first-order valence-electron chi connectivity index (χ1n) is 7.36. The molecule has 0 saturated carbocycles. The molecule has 6 nitrogen and oxygen atoms in total. The Morgan fingerprint density at radius 3 is 2.48 bits per heavy atom. The summed E-state index contributed by atoms with van der Waals surface area (Å²) >= 11 is 0. The molecule has 2 rings (SSSR count). The molecule has 3 amide bonds. The first-order chi connectivity index (χ1) is 10.9. The average molecular weight is 316 g/mol. The summed E-state index contributed by atoms with van der Waals surface area (Å²) in [6.07, 6.45) is 0.0600. The van der Waals surface area contributed by atoms with Crippen LogP contribution in [-0.2, 0) is 10.3 Å². The Balaban J connectivity index is 2.21. The maximum atomic E-state index is 12.6. The highest BCUT2D eigenvalue weighted by molar-refractivity contribution is 6.07.